The molecule has 0 aromatic heterocycles. The summed E-state index contributed by atoms with van der Waals surface area (Å²) in [4.78, 5) is 0. The Bertz CT molecular complexity index is 228. The van der Waals surface area contributed by atoms with Crippen LogP contribution in [0.5, 0.6) is 5.75 Å². The van der Waals surface area contributed by atoms with E-state index in [9.17, 15) is 0 Å². The lowest BCUT2D eigenvalue weighted by atomic mass is 10.2. The molecule has 58 valence electrons. The van der Waals surface area contributed by atoms with Crippen LogP contribution in [0.4, 0.5) is 0 Å². The van der Waals surface area contributed by atoms with E-state index < -0.39 is 0 Å². The van der Waals surface area contributed by atoms with Gasteiger partial charge in [0, 0.05) is 6.92 Å². The van der Waals surface area contributed by atoms with Gasteiger partial charge in [-0.3, -0.25) is 0 Å². The van der Waals surface area contributed by atoms with Crippen molar-refractivity contribution in [3.63, 3.8) is 0 Å². The summed E-state index contributed by atoms with van der Waals surface area (Å²) in [7, 11) is 0. The fourth-order valence-corrected chi connectivity index (χ4v) is 0.842. The van der Waals surface area contributed by atoms with Gasteiger partial charge < -0.3 is 4.74 Å². The quantitative estimate of drug-likeness (QED) is 0.626. The molecule has 0 atom stereocenters. The van der Waals surface area contributed by atoms with E-state index in [4.69, 9.17) is 11.7 Å². The smallest absolute Gasteiger partial charge is 0.123 e. The largest absolute Gasteiger partial charge is 0.491 e. The number of benzene rings is 1. The van der Waals surface area contributed by atoms with Gasteiger partial charge in [0.15, 0.2) is 0 Å². The van der Waals surface area contributed by atoms with E-state index in [1.54, 1.807) is 0 Å². The average Bonchev–Trinajstić information content (AvgIpc) is 1.93. The molecular formula is C10H12O. The molecule has 0 fully saturated rings. The topological polar surface area (TPSA) is 9.23 Å². The molecule has 0 bridgehead atoms. The van der Waals surface area contributed by atoms with Gasteiger partial charge in [-0.05, 0) is 25.5 Å². The van der Waals surface area contributed by atoms with Crippen molar-refractivity contribution < 1.29 is 4.74 Å². The van der Waals surface area contributed by atoms with Crippen LogP contribution in [0.25, 0.3) is 0 Å². The zero-order valence-corrected chi connectivity index (χ0v) is 6.87. The Kier molecular flexibility index (Phi) is 2.53. The van der Waals surface area contributed by atoms with Crippen molar-refractivity contribution >= 4 is 0 Å². The minimum absolute atomic E-state index is 0.180. The zero-order valence-electron chi connectivity index (χ0n) is 6.87. The van der Waals surface area contributed by atoms with Crippen molar-refractivity contribution in [2.45, 2.75) is 20.0 Å². The summed E-state index contributed by atoms with van der Waals surface area (Å²) >= 11 is 0. The molecule has 0 saturated heterocycles. The predicted octanol–water partition coefficient (Wildman–Crippen LogP) is 2.53. The van der Waals surface area contributed by atoms with Gasteiger partial charge in [-0.2, -0.15) is 0 Å². The van der Waals surface area contributed by atoms with Crippen LogP contribution < -0.4 is 4.74 Å². The van der Waals surface area contributed by atoms with Crippen molar-refractivity contribution in [1.82, 2.24) is 0 Å². The summed E-state index contributed by atoms with van der Waals surface area (Å²) in [5.41, 5.74) is 0.696. The lowest BCUT2D eigenvalue weighted by Gasteiger charge is -2.10. The van der Waals surface area contributed by atoms with Crippen LogP contribution in [0.3, 0.4) is 0 Å². The molecule has 11 heavy (non-hydrogen) atoms. The normalized spacial score (nSPS) is 10.2. The Morgan fingerprint density at radius 2 is 1.91 bits per heavy atom. The van der Waals surface area contributed by atoms with E-state index in [1.807, 2.05) is 38.1 Å². The Labute approximate surface area is 68.0 Å². The second-order valence-corrected chi connectivity index (χ2v) is 2.70. The van der Waals surface area contributed by atoms with Crippen molar-refractivity contribution in [3.05, 3.63) is 36.8 Å². The predicted molar refractivity (Wildman–Crippen MR) is 45.6 cm³/mol. The van der Waals surface area contributed by atoms with Crippen LogP contribution in [0, 0.1) is 6.92 Å². The molecule has 2 radical (unpaired) electrons. The van der Waals surface area contributed by atoms with Gasteiger partial charge in [0.1, 0.15) is 5.75 Å². The van der Waals surface area contributed by atoms with E-state index in [1.165, 1.54) is 0 Å². The molecule has 1 aromatic carbocycles. The SMILES string of the molecule is [CH]c1ccccc1OC(C)C. The minimum atomic E-state index is 0.180. The molecule has 1 aromatic rings. The van der Waals surface area contributed by atoms with E-state index in [0.717, 1.165) is 5.75 Å². The third-order valence-electron chi connectivity index (χ3n) is 1.28. The molecule has 0 aliphatic carbocycles. The van der Waals surface area contributed by atoms with Crippen molar-refractivity contribution in [2.24, 2.45) is 0 Å². The Morgan fingerprint density at radius 3 is 2.45 bits per heavy atom. The van der Waals surface area contributed by atoms with Crippen molar-refractivity contribution in [2.75, 3.05) is 0 Å². The number of rotatable bonds is 2. The number of para-hydroxylation sites is 1. The third kappa shape index (κ3) is 2.26. The van der Waals surface area contributed by atoms with Crippen LogP contribution in [0.2, 0.25) is 0 Å². The van der Waals surface area contributed by atoms with Gasteiger partial charge >= 0.3 is 0 Å². The highest BCUT2D eigenvalue weighted by atomic mass is 16.5. The molecule has 0 saturated carbocycles. The van der Waals surface area contributed by atoms with E-state index in [-0.39, 0.29) is 6.10 Å². The fourth-order valence-electron chi connectivity index (χ4n) is 0.842. The summed E-state index contributed by atoms with van der Waals surface area (Å²) < 4.78 is 5.42. The minimum Gasteiger partial charge on any atom is -0.491 e. The summed E-state index contributed by atoms with van der Waals surface area (Å²) in [5, 5.41) is 0. The Hall–Kier alpha value is -0.980. The number of hydrogen-bond donors (Lipinski definition) is 0. The van der Waals surface area contributed by atoms with Crippen LogP contribution in [0.15, 0.2) is 24.3 Å². The molecule has 1 nitrogen and oxygen atoms in total. The van der Waals surface area contributed by atoms with Gasteiger partial charge in [-0.15, -0.1) is 0 Å². The highest BCUT2D eigenvalue weighted by Crippen LogP contribution is 2.17. The number of hydrogen-bond acceptors (Lipinski definition) is 1. The first-order valence-electron chi connectivity index (χ1n) is 3.71. The van der Waals surface area contributed by atoms with Gasteiger partial charge in [-0.25, -0.2) is 0 Å². The molecule has 1 rings (SSSR count). The van der Waals surface area contributed by atoms with Gasteiger partial charge in [0.25, 0.3) is 0 Å². The van der Waals surface area contributed by atoms with Crippen LogP contribution in [-0.2, 0) is 0 Å². The molecule has 0 unspecified atom stereocenters. The van der Waals surface area contributed by atoms with Crippen LogP contribution in [0.1, 0.15) is 19.4 Å². The van der Waals surface area contributed by atoms with Crippen molar-refractivity contribution in [1.29, 1.82) is 0 Å². The molecule has 0 N–H and O–H groups in total. The maximum Gasteiger partial charge on any atom is 0.123 e. The zero-order chi connectivity index (χ0) is 8.27. The highest BCUT2D eigenvalue weighted by Gasteiger charge is 1.98. The first kappa shape index (κ1) is 8.12. The van der Waals surface area contributed by atoms with E-state index in [2.05, 4.69) is 0 Å². The summed E-state index contributed by atoms with van der Waals surface area (Å²) in [6.07, 6.45) is 0.180. The monoisotopic (exact) mass is 148 g/mol. The lowest BCUT2D eigenvalue weighted by molar-refractivity contribution is 0.241. The highest BCUT2D eigenvalue weighted by molar-refractivity contribution is 5.35. The summed E-state index contributed by atoms with van der Waals surface area (Å²) in [6.45, 7) is 9.60. The molecule has 0 spiro atoms. The van der Waals surface area contributed by atoms with E-state index >= 15 is 0 Å². The van der Waals surface area contributed by atoms with Gasteiger partial charge in [0.2, 0.25) is 0 Å². The molecule has 0 heterocycles. The van der Waals surface area contributed by atoms with Gasteiger partial charge in [0.05, 0.1) is 6.10 Å². The molecule has 0 aliphatic rings. The van der Waals surface area contributed by atoms with Crippen LogP contribution >= 0.6 is 0 Å². The standard InChI is InChI=1S/C10H12O/c1-8(2)11-10-7-5-4-6-9(10)3/h3-8H,1-2H3. The number of ether oxygens (including phenoxy) is 1. The maximum atomic E-state index is 5.64. The van der Waals surface area contributed by atoms with Crippen LogP contribution in [-0.4, -0.2) is 6.10 Å². The second kappa shape index (κ2) is 3.42. The summed E-state index contributed by atoms with van der Waals surface area (Å²) in [5.74, 6) is 0.766. The third-order valence-corrected chi connectivity index (χ3v) is 1.28. The molecule has 0 aliphatic heterocycles. The molecule has 0 amide bonds. The van der Waals surface area contributed by atoms with Crippen molar-refractivity contribution in [3.8, 4) is 5.75 Å². The lowest BCUT2D eigenvalue weighted by Crippen LogP contribution is -2.06. The molecule has 1 heteroatoms. The van der Waals surface area contributed by atoms with E-state index in [0.29, 0.717) is 5.56 Å². The Balaban J connectivity index is 2.78. The first-order chi connectivity index (χ1) is 5.20. The van der Waals surface area contributed by atoms with Gasteiger partial charge in [-0.1, -0.05) is 18.2 Å². The molecular weight excluding hydrogens is 136 g/mol. The first-order valence-corrected chi connectivity index (χ1v) is 3.71. The summed E-state index contributed by atoms with van der Waals surface area (Å²) in [6, 6.07) is 7.50. The average molecular weight is 148 g/mol. The Morgan fingerprint density at radius 1 is 1.27 bits per heavy atom. The fraction of sp³-hybridized carbons (Fsp3) is 0.300. The second-order valence-electron chi connectivity index (χ2n) is 2.70. The maximum absolute atomic E-state index is 5.64.